The smallest absolute Gasteiger partial charge is 0.214 e. The quantitative estimate of drug-likeness (QED) is 0.421. The lowest BCUT2D eigenvalue weighted by molar-refractivity contribution is 2.37. The van der Waals surface area contributed by atoms with Gasteiger partial charge in [-0.05, 0) is 12.5 Å². The van der Waals surface area contributed by atoms with Gasteiger partial charge in [-0.15, -0.1) is 0 Å². The van der Waals surface area contributed by atoms with Gasteiger partial charge in [0.2, 0.25) is 7.26 Å². The minimum Gasteiger partial charge on any atom is -0.214 e. The highest BCUT2D eigenvalue weighted by Gasteiger charge is 1.32. The van der Waals surface area contributed by atoms with Crippen LogP contribution in [0.15, 0.2) is 0 Å². The molecule has 0 aliphatic carbocycles. The molecule has 5 heavy (non-hydrogen) atoms. The van der Waals surface area contributed by atoms with Crippen LogP contribution >= 0.6 is 23.2 Å². The molecule has 0 fully saturated rings. The number of hydrogen-bond donors (Lipinski definition) is 0. The van der Waals surface area contributed by atoms with Crippen LogP contribution in [0.5, 0.6) is 0 Å². The van der Waals surface area contributed by atoms with E-state index < -0.39 is 0 Å². The van der Waals surface area contributed by atoms with E-state index in [1.807, 2.05) is 12.5 Å². The highest BCUT2D eigenvalue weighted by atomic mass is 35.5. The van der Waals surface area contributed by atoms with Gasteiger partial charge >= 0.3 is 0 Å². The maximum absolute atomic E-state index is 4.14. The maximum atomic E-state index is 4.14. The van der Waals surface area contributed by atoms with Crippen LogP contribution in [0, 0.1) is 0 Å². The van der Waals surface area contributed by atoms with E-state index in [0.717, 1.165) is 0 Å². The van der Waals surface area contributed by atoms with Gasteiger partial charge in [0, 0.05) is 0 Å². The summed E-state index contributed by atoms with van der Waals surface area (Å²) in [5.41, 5.74) is 0. The van der Waals surface area contributed by atoms with E-state index in [0.29, 0.717) is 0 Å². The number of halogens is 1. The normalized spacial score (nSPS) is 4.60. The molecule has 30 valence electrons. The Balaban J connectivity index is 0. The fraction of sp³-hybridized carbons (Fsp3) is 1.00. The fourth-order valence-corrected chi connectivity index (χ4v) is 0. The fourth-order valence-electron chi connectivity index (χ4n) is 0. The standard InChI is InChI=1S/C2H6S.BCl/c1-3-2;1-2/h1-2H3;. The molecular weight excluding hydrogens is 102 g/mol. The monoisotopic (exact) mass is 108 g/mol. The largest absolute Gasteiger partial charge is 0.214 e. The molecule has 0 amide bonds. The van der Waals surface area contributed by atoms with Crippen molar-refractivity contribution < 1.29 is 0 Å². The molecule has 0 aromatic heterocycles. The van der Waals surface area contributed by atoms with Crippen LogP contribution in [0.2, 0.25) is 0 Å². The van der Waals surface area contributed by atoms with E-state index in [2.05, 4.69) is 18.7 Å². The van der Waals surface area contributed by atoms with Crippen molar-refractivity contribution in [3.05, 3.63) is 0 Å². The number of rotatable bonds is 0. The molecule has 0 atom stereocenters. The summed E-state index contributed by atoms with van der Waals surface area (Å²) in [5.74, 6) is 0. The second-order valence-corrected chi connectivity index (χ2v) is 1.22. The molecule has 0 heterocycles. The van der Waals surface area contributed by atoms with Gasteiger partial charge in [-0.1, -0.05) is 0 Å². The summed E-state index contributed by atoms with van der Waals surface area (Å²) in [6.07, 6.45) is 4.08. The first-order valence-corrected chi connectivity index (χ1v) is 3.10. The van der Waals surface area contributed by atoms with Crippen molar-refractivity contribution in [3.8, 4) is 0 Å². The zero-order valence-electron chi connectivity index (χ0n) is 3.36. The third-order valence-corrected chi connectivity index (χ3v) is 0. The first kappa shape index (κ1) is 9.20. The Hall–Kier alpha value is 0.705. The van der Waals surface area contributed by atoms with Crippen molar-refractivity contribution in [3.63, 3.8) is 0 Å². The average Bonchev–Trinajstić information content (AvgIpc) is 1.46. The predicted octanol–water partition coefficient (Wildman–Crippen LogP) is 1.29. The van der Waals surface area contributed by atoms with Crippen LogP contribution in [-0.2, 0) is 0 Å². The van der Waals surface area contributed by atoms with Crippen LogP contribution in [0.3, 0.4) is 0 Å². The molecule has 0 aromatic rings. The van der Waals surface area contributed by atoms with Gasteiger partial charge < -0.3 is 0 Å². The predicted molar refractivity (Wildman–Crippen MR) is 31.0 cm³/mol. The van der Waals surface area contributed by atoms with Gasteiger partial charge in [-0.3, -0.25) is 0 Å². The Morgan fingerprint density at radius 2 is 1.40 bits per heavy atom. The second-order valence-electron chi connectivity index (χ2n) is 0.408. The molecule has 0 rings (SSSR count). The van der Waals surface area contributed by atoms with Crippen LogP contribution in [0.4, 0.5) is 0 Å². The zero-order valence-corrected chi connectivity index (χ0v) is 4.94. The summed E-state index contributed by atoms with van der Waals surface area (Å²) in [6, 6.07) is 0. The van der Waals surface area contributed by atoms with Crippen molar-refractivity contribution in [2.75, 3.05) is 12.5 Å². The molecule has 2 radical (unpaired) electrons. The van der Waals surface area contributed by atoms with E-state index in [4.69, 9.17) is 0 Å². The van der Waals surface area contributed by atoms with Crippen LogP contribution in [0.1, 0.15) is 0 Å². The van der Waals surface area contributed by atoms with Crippen molar-refractivity contribution in [1.82, 2.24) is 0 Å². The summed E-state index contributed by atoms with van der Waals surface area (Å²) in [6.45, 7) is 0. The van der Waals surface area contributed by atoms with Crippen molar-refractivity contribution in [2.24, 2.45) is 0 Å². The van der Waals surface area contributed by atoms with E-state index >= 15 is 0 Å². The van der Waals surface area contributed by atoms with E-state index in [-0.39, 0.29) is 0 Å². The van der Waals surface area contributed by atoms with Crippen molar-refractivity contribution in [1.29, 1.82) is 0 Å². The molecule has 0 saturated carbocycles. The third kappa shape index (κ3) is 69.3. The molecule has 0 nitrogen and oxygen atoms in total. The SMILES string of the molecule is CSC.[B]Cl. The van der Waals surface area contributed by atoms with E-state index in [1.165, 1.54) is 0 Å². The number of hydrogen-bond acceptors (Lipinski definition) is 1. The lowest BCUT2D eigenvalue weighted by Gasteiger charge is -1.51. The van der Waals surface area contributed by atoms with Crippen molar-refractivity contribution in [2.45, 2.75) is 0 Å². The van der Waals surface area contributed by atoms with Crippen LogP contribution < -0.4 is 0 Å². The summed E-state index contributed by atoms with van der Waals surface area (Å²) in [5, 5.41) is 0. The number of thioether (sulfide) groups is 1. The van der Waals surface area contributed by atoms with E-state index in [9.17, 15) is 0 Å². The van der Waals surface area contributed by atoms with E-state index in [1.54, 1.807) is 11.8 Å². The molecule has 0 saturated heterocycles. The maximum Gasteiger partial charge on any atom is 0.214 e. The van der Waals surface area contributed by atoms with Gasteiger partial charge in [-0.25, -0.2) is 11.5 Å². The summed E-state index contributed by atoms with van der Waals surface area (Å²) in [7, 11) is 3.97. The summed E-state index contributed by atoms with van der Waals surface area (Å²) < 4.78 is 0. The van der Waals surface area contributed by atoms with Gasteiger partial charge in [-0.2, -0.15) is 11.8 Å². The Kier molecular flexibility index (Phi) is 40.9. The highest BCUT2D eigenvalue weighted by molar-refractivity contribution is 7.97. The highest BCUT2D eigenvalue weighted by Crippen LogP contribution is 1.70. The van der Waals surface area contributed by atoms with Gasteiger partial charge in [0.15, 0.2) is 0 Å². The Morgan fingerprint density at radius 1 is 1.40 bits per heavy atom. The summed E-state index contributed by atoms with van der Waals surface area (Å²) in [4.78, 5) is 0. The summed E-state index contributed by atoms with van der Waals surface area (Å²) >= 11 is 5.89. The van der Waals surface area contributed by atoms with Gasteiger partial charge in [0.25, 0.3) is 0 Å². The Labute approximate surface area is 43.6 Å². The minimum absolute atomic E-state index is 1.75. The van der Waals surface area contributed by atoms with Crippen LogP contribution in [-0.4, -0.2) is 19.8 Å². The van der Waals surface area contributed by atoms with Crippen molar-refractivity contribution >= 4 is 30.5 Å². The molecule has 0 bridgehead atoms. The molecule has 0 aliphatic heterocycles. The lowest BCUT2D eigenvalue weighted by Crippen LogP contribution is -1.25. The molecule has 0 aliphatic rings. The van der Waals surface area contributed by atoms with Crippen LogP contribution in [0.25, 0.3) is 0 Å². The first-order valence-electron chi connectivity index (χ1n) is 1.03. The topological polar surface area (TPSA) is 0 Å². The molecule has 0 N–H and O–H groups in total. The minimum atomic E-state index is 1.75. The third-order valence-electron chi connectivity index (χ3n) is 0. The first-order chi connectivity index (χ1) is 2.41. The lowest BCUT2D eigenvalue weighted by atomic mass is 10.8. The zero-order chi connectivity index (χ0) is 4.71. The molecular formula is C2H6BClS. The molecule has 0 aromatic carbocycles. The van der Waals surface area contributed by atoms with Gasteiger partial charge in [0.1, 0.15) is 0 Å². The molecule has 0 unspecified atom stereocenters. The molecule has 3 heteroatoms. The Morgan fingerprint density at radius 3 is 1.40 bits per heavy atom. The molecule has 0 spiro atoms. The second kappa shape index (κ2) is 22.2. The Bertz CT molecular complexity index is 9.61. The van der Waals surface area contributed by atoms with Gasteiger partial charge in [0.05, 0.1) is 0 Å². The average molecular weight is 108 g/mol.